The normalized spacial score (nSPS) is 14.8. The molecular formula is C21H22N4O3. The smallest absolute Gasteiger partial charge is 0.272 e. The Morgan fingerprint density at radius 1 is 1.21 bits per heavy atom. The van der Waals surface area contributed by atoms with Gasteiger partial charge in [-0.05, 0) is 42.7 Å². The van der Waals surface area contributed by atoms with Gasteiger partial charge in [0.15, 0.2) is 0 Å². The van der Waals surface area contributed by atoms with Crippen molar-refractivity contribution in [2.75, 3.05) is 20.2 Å². The van der Waals surface area contributed by atoms with Gasteiger partial charge in [0.05, 0.1) is 19.5 Å². The molecule has 28 heavy (non-hydrogen) atoms. The molecule has 1 saturated heterocycles. The number of nitrogens with zero attached hydrogens (tertiary/aromatic N) is 3. The summed E-state index contributed by atoms with van der Waals surface area (Å²) in [5.74, 6) is 1.07. The minimum absolute atomic E-state index is 0.0552. The van der Waals surface area contributed by atoms with E-state index in [1.165, 1.54) is 12.3 Å². The second kappa shape index (κ2) is 7.72. The van der Waals surface area contributed by atoms with Gasteiger partial charge in [0.1, 0.15) is 17.2 Å². The summed E-state index contributed by atoms with van der Waals surface area (Å²) in [5.41, 5.74) is 3.59. The zero-order valence-electron chi connectivity index (χ0n) is 15.6. The minimum atomic E-state index is -0.101. The Balaban J connectivity index is 1.47. The summed E-state index contributed by atoms with van der Waals surface area (Å²) in [6.45, 7) is 1.31. The molecule has 2 aromatic heterocycles. The zero-order chi connectivity index (χ0) is 19.5. The number of H-pyrrole nitrogens is 1. The van der Waals surface area contributed by atoms with Gasteiger partial charge in [-0.2, -0.15) is 5.10 Å². The number of piperidine rings is 1. The lowest BCUT2D eigenvalue weighted by molar-refractivity contribution is 0.0706. The summed E-state index contributed by atoms with van der Waals surface area (Å²) >= 11 is 0. The van der Waals surface area contributed by atoms with E-state index in [9.17, 15) is 9.90 Å². The number of hydrogen-bond acceptors (Lipinski definition) is 5. The molecule has 0 aliphatic carbocycles. The Morgan fingerprint density at radius 3 is 2.75 bits per heavy atom. The first-order chi connectivity index (χ1) is 13.7. The highest BCUT2D eigenvalue weighted by Crippen LogP contribution is 2.35. The van der Waals surface area contributed by atoms with E-state index in [0.717, 1.165) is 35.4 Å². The average Bonchev–Trinajstić information content (AvgIpc) is 3.24. The van der Waals surface area contributed by atoms with Gasteiger partial charge in [-0.25, -0.2) is 4.98 Å². The number of ether oxygens (including phenoxy) is 1. The highest BCUT2D eigenvalue weighted by atomic mass is 16.5. The van der Waals surface area contributed by atoms with E-state index in [2.05, 4.69) is 15.2 Å². The van der Waals surface area contributed by atoms with Gasteiger partial charge in [0, 0.05) is 30.3 Å². The van der Waals surface area contributed by atoms with Crippen LogP contribution in [0.25, 0.3) is 11.1 Å². The van der Waals surface area contributed by atoms with Crippen LogP contribution in [-0.2, 0) is 0 Å². The molecule has 3 aromatic rings. The predicted molar refractivity (Wildman–Crippen MR) is 104 cm³/mol. The third kappa shape index (κ3) is 3.55. The Kier molecular flexibility index (Phi) is 4.97. The molecule has 2 N–H and O–H groups in total. The van der Waals surface area contributed by atoms with Crippen LogP contribution in [0.5, 0.6) is 11.5 Å². The van der Waals surface area contributed by atoms with E-state index >= 15 is 0 Å². The van der Waals surface area contributed by atoms with Gasteiger partial charge in [-0.1, -0.05) is 12.1 Å². The molecule has 3 heterocycles. The fourth-order valence-corrected chi connectivity index (χ4v) is 3.67. The summed E-state index contributed by atoms with van der Waals surface area (Å²) in [5, 5.41) is 16.8. The van der Waals surface area contributed by atoms with Crippen molar-refractivity contribution in [2.24, 2.45) is 0 Å². The average molecular weight is 378 g/mol. The molecule has 0 bridgehead atoms. The van der Waals surface area contributed by atoms with Gasteiger partial charge in [0.25, 0.3) is 5.91 Å². The molecule has 1 fully saturated rings. The topological polar surface area (TPSA) is 91.3 Å². The molecule has 7 nitrogen and oxygen atoms in total. The summed E-state index contributed by atoms with van der Waals surface area (Å²) in [7, 11) is 1.66. The van der Waals surface area contributed by atoms with Crippen LogP contribution in [-0.4, -0.2) is 51.3 Å². The standard InChI is InChI=1S/C21H22N4O3/c1-28-17-4-2-3-15(11-17)18-13-23-24-20(18)14-7-9-25(10-8-14)21(27)19-6-5-16(26)12-22-19/h2-6,11-14,26H,7-10H2,1H3,(H,23,24). The van der Waals surface area contributed by atoms with Crippen molar-refractivity contribution in [1.29, 1.82) is 0 Å². The molecule has 1 amide bonds. The second-order valence-electron chi connectivity index (χ2n) is 6.90. The zero-order valence-corrected chi connectivity index (χ0v) is 15.6. The number of pyridine rings is 1. The van der Waals surface area contributed by atoms with Crippen molar-refractivity contribution in [1.82, 2.24) is 20.1 Å². The SMILES string of the molecule is COc1cccc(-c2cn[nH]c2C2CCN(C(=O)c3ccc(O)cn3)CC2)c1. The fraction of sp³-hybridized carbons (Fsp3) is 0.286. The maximum absolute atomic E-state index is 12.6. The van der Waals surface area contributed by atoms with Crippen molar-refractivity contribution >= 4 is 5.91 Å². The molecule has 0 spiro atoms. The Labute approximate surface area is 163 Å². The van der Waals surface area contributed by atoms with Crippen LogP contribution in [0.3, 0.4) is 0 Å². The molecule has 1 aliphatic rings. The van der Waals surface area contributed by atoms with Crippen molar-refractivity contribution < 1.29 is 14.6 Å². The number of methoxy groups -OCH3 is 1. The lowest BCUT2D eigenvalue weighted by Crippen LogP contribution is -2.38. The van der Waals surface area contributed by atoms with Gasteiger partial charge in [-0.3, -0.25) is 9.89 Å². The minimum Gasteiger partial charge on any atom is -0.506 e. The third-order valence-electron chi connectivity index (χ3n) is 5.21. The maximum atomic E-state index is 12.6. The first-order valence-electron chi connectivity index (χ1n) is 9.27. The highest BCUT2D eigenvalue weighted by molar-refractivity contribution is 5.92. The molecule has 144 valence electrons. The Hall–Kier alpha value is -3.35. The molecule has 0 unspecified atom stereocenters. The Bertz CT molecular complexity index is 960. The first-order valence-corrected chi connectivity index (χ1v) is 9.27. The van der Waals surface area contributed by atoms with Gasteiger partial charge in [-0.15, -0.1) is 0 Å². The van der Waals surface area contributed by atoms with Crippen LogP contribution in [0.4, 0.5) is 0 Å². The van der Waals surface area contributed by atoms with Crippen molar-refractivity contribution in [3.8, 4) is 22.6 Å². The molecule has 0 radical (unpaired) electrons. The summed E-state index contributed by atoms with van der Waals surface area (Å²) in [6, 6.07) is 11.0. The van der Waals surface area contributed by atoms with E-state index in [-0.39, 0.29) is 11.7 Å². The van der Waals surface area contributed by atoms with Crippen molar-refractivity contribution in [2.45, 2.75) is 18.8 Å². The molecule has 7 heteroatoms. The summed E-state index contributed by atoms with van der Waals surface area (Å²) in [4.78, 5) is 18.5. The Morgan fingerprint density at radius 2 is 2.04 bits per heavy atom. The van der Waals surface area contributed by atoms with E-state index in [1.807, 2.05) is 35.4 Å². The highest BCUT2D eigenvalue weighted by Gasteiger charge is 2.27. The van der Waals surface area contributed by atoms with Crippen LogP contribution in [0.2, 0.25) is 0 Å². The molecule has 0 saturated carbocycles. The number of aromatic amines is 1. The maximum Gasteiger partial charge on any atom is 0.272 e. The monoisotopic (exact) mass is 378 g/mol. The number of likely N-dealkylation sites (tertiary alicyclic amines) is 1. The van der Waals surface area contributed by atoms with Gasteiger partial charge >= 0.3 is 0 Å². The van der Waals surface area contributed by atoms with Crippen LogP contribution in [0.1, 0.15) is 34.9 Å². The summed E-state index contributed by atoms with van der Waals surface area (Å²) < 4.78 is 5.33. The molecule has 0 atom stereocenters. The lowest BCUT2D eigenvalue weighted by atomic mass is 9.89. The molecular weight excluding hydrogens is 356 g/mol. The number of nitrogens with one attached hydrogen (secondary N) is 1. The van der Waals surface area contributed by atoms with Gasteiger partial charge < -0.3 is 14.7 Å². The predicted octanol–water partition coefficient (Wildman–Crippen LogP) is 3.21. The summed E-state index contributed by atoms with van der Waals surface area (Å²) in [6.07, 6.45) is 4.85. The number of amides is 1. The number of rotatable bonds is 4. The van der Waals surface area contributed by atoms with E-state index in [4.69, 9.17) is 4.74 Å². The second-order valence-corrected chi connectivity index (χ2v) is 6.90. The van der Waals surface area contributed by atoms with Crippen LogP contribution in [0, 0.1) is 0 Å². The van der Waals surface area contributed by atoms with Crippen LogP contribution >= 0.6 is 0 Å². The van der Waals surface area contributed by atoms with E-state index < -0.39 is 0 Å². The van der Waals surface area contributed by atoms with Crippen LogP contribution < -0.4 is 4.74 Å². The van der Waals surface area contributed by atoms with Crippen LogP contribution in [0.15, 0.2) is 48.8 Å². The number of carbonyl (C=O) groups is 1. The van der Waals surface area contributed by atoms with Crippen molar-refractivity contribution in [3.63, 3.8) is 0 Å². The van der Waals surface area contributed by atoms with E-state index in [0.29, 0.717) is 24.7 Å². The number of aromatic hydroxyl groups is 1. The first kappa shape index (κ1) is 18.0. The quantitative estimate of drug-likeness (QED) is 0.727. The van der Waals surface area contributed by atoms with E-state index in [1.54, 1.807) is 13.2 Å². The molecule has 1 aliphatic heterocycles. The molecule has 4 rings (SSSR count). The third-order valence-corrected chi connectivity index (χ3v) is 5.21. The van der Waals surface area contributed by atoms with Gasteiger partial charge in [0.2, 0.25) is 0 Å². The van der Waals surface area contributed by atoms with Crippen molar-refractivity contribution in [3.05, 3.63) is 60.2 Å². The number of aromatic nitrogens is 3. The largest absolute Gasteiger partial charge is 0.506 e. The lowest BCUT2D eigenvalue weighted by Gasteiger charge is -2.31. The number of hydrogen-bond donors (Lipinski definition) is 2. The number of carbonyl (C=O) groups excluding carboxylic acids is 1. The molecule has 1 aromatic carbocycles. The number of benzene rings is 1. The fourth-order valence-electron chi connectivity index (χ4n) is 3.67.